The number of primary amides is 1. The van der Waals surface area contributed by atoms with Crippen molar-refractivity contribution in [3.63, 3.8) is 0 Å². The van der Waals surface area contributed by atoms with Gasteiger partial charge in [-0.2, -0.15) is 5.10 Å². The number of amides is 2. The number of halogens is 1. The summed E-state index contributed by atoms with van der Waals surface area (Å²) in [5, 5.41) is 18.4. The number of hydrogen-bond acceptors (Lipinski definition) is 8. The first-order valence-corrected chi connectivity index (χ1v) is 13.7. The highest BCUT2D eigenvalue weighted by atomic mass is 35.5. The van der Waals surface area contributed by atoms with E-state index in [4.69, 9.17) is 33.2 Å². The number of anilines is 1. The number of urea groups is 1. The third kappa shape index (κ3) is 5.47. The third-order valence-corrected chi connectivity index (χ3v) is 7.28. The molecular formula is C31H24ClN9O3. The molecule has 6 N–H and O–H groups in total. The third-order valence-electron chi connectivity index (χ3n) is 6.91. The summed E-state index contributed by atoms with van der Waals surface area (Å²) in [4.78, 5) is 38.8. The van der Waals surface area contributed by atoms with E-state index in [1.54, 1.807) is 53.2 Å². The Kier molecular flexibility index (Phi) is 7.53. The van der Waals surface area contributed by atoms with Crippen LogP contribution in [0.2, 0.25) is 5.02 Å². The quantitative estimate of drug-likeness (QED) is 0.209. The molecule has 0 aliphatic heterocycles. The lowest BCUT2D eigenvalue weighted by Gasteiger charge is -2.15. The number of fused-ring (bicyclic) bond motifs is 2. The molecule has 6 rings (SSSR count). The molecule has 0 saturated carbocycles. The van der Waals surface area contributed by atoms with Crippen molar-refractivity contribution in [1.82, 2.24) is 34.6 Å². The number of benzene rings is 3. The number of nitrogen functional groups attached to an aromatic ring is 1. The average molecular weight is 606 g/mol. The first-order chi connectivity index (χ1) is 21.3. The second-order valence-corrected chi connectivity index (χ2v) is 10.1. The van der Waals surface area contributed by atoms with Gasteiger partial charge in [-0.3, -0.25) is 9.36 Å². The molecule has 0 radical (unpaired) electrons. The molecule has 13 heteroatoms. The number of aromatic nitrogens is 6. The first kappa shape index (κ1) is 28.2. The van der Waals surface area contributed by atoms with Gasteiger partial charge in [-0.15, -0.1) is 0 Å². The Balaban J connectivity index is 1.53. The van der Waals surface area contributed by atoms with Crippen LogP contribution in [0.25, 0.3) is 33.2 Å². The molecule has 3 aromatic carbocycles. The zero-order valence-corrected chi connectivity index (χ0v) is 23.8. The summed E-state index contributed by atoms with van der Waals surface area (Å²) in [6.45, 7) is 0.202. The van der Waals surface area contributed by atoms with Gasteiger partial charge in [0.1, 0.15) is 36.0 Å². The maximum absolute atomic E-state index is 14.2. The van der Waals surface area contributed by atoms with E-state index in [2.05, 4.69) is 27.1 Å². The van der Waals surface area contributed by atoms with E-state index in [0.29, 0.717) is 49.6 Å². The minimum atomic E-state index is -0.697. The second kappa shape index (κ2) is 11.7. The molecule has 3 heterocycles. The standard InChI is InChI=1S/C31H24ClN9O3/c32-22-8-2-1-5-20(22)15-40-24(38-23-9-3-6-18(25(23)30(40)43)7-4-14-35-31(34)44)16-41-29-26(28(33)36-17-37-29)27(39-41)19-10-12-21(42)13-11-19/h1-3,5-6,8-13,17,42H,14-16H2,(H2,33,36,37)(H3,34,35,44). The van der Waals surface area contributed by atoms with Gasteiger partial charge < -0.3 is 21.9 Å². The lowest BCUT2D eigenvalue weighted by Crippen LogP contribution is -2.29. The molecule has 3 aromatic heterocycles. The molecule has 0 atom stereocenters. The van der Waals surface area contributed by atoms with Gasteiger partial charge in [0.05, 0.1) is 29.4 Å². The summed E-state index contributed by atoms with van der Waals surface area (Å²) in [6.07, 6.45) is 1.35. The number of carbonyl (C=O) groups is 1. The molecule has 0 fully saturated rings. The first-order valence-electron chi connectivity index (χ1n) is 13.3. The fourth-order valence-electron chi connectivity index (χ4n) is 4.86. The van der Waals surface area contributed by atoms with Crippen molar-refractivity contribution < 1.29 is 9.90 Å². The minimum Gasteiger partial charge on any atom is -0.508 e. The molecule has 0 bridgehead atoms. The largest absolute Gasteiger partial charge is 0.508 e. The lowest BCUT2D eigenvalue weighted by atomic mass is 10.1. The van der Waals surface area contributed by atoms with Gasteiger partial charge >= 0.3 is 6.03 Å². The summed E-state index contributed by atoms with van der Waals surface area (Å²) in [5.74, 6) is 6.50. The Labute approximate surface area is 255 Å². The topological polar surface area (TPSA) is 180 Å². The molecule has 12 nitrogen and oxygen atoms in total. The number of nitrogens with zero attached hydrogens (tertiary/aromatic N) is 6. The van der Waals surface area contributed by atoms with E-state index in [1.165, 1.54) is 10.9 Å². The molecule has 218 valence electrons. The molecule has 44 heavy (non-hydrogen) atoms. The Hall–Kier alpha value is -5.93. The lowest BCUT2D eigenvalue weighted by molar-refractivity contribution is 0.250. The van der Waals surface area contributed by atoms with Crippen LogP contribution in [-0.2, 0) is 13.1 Å². The monoisotopic (exact) mass is 605 g/mol. The Morgan fingerprint density at radius 2 is 1.80 bits per heavy atom. The normalized spacial score (nSPS) is 10.9. The van der Waals surface area contributed by atoms with Crippen LogP contribution in [0.3, 0.4) is 0 Å². The number of carbonyl (C=O) groups excluding carboxylic acids is 1. The summed E-state index contributed by atoms with van der Waals surface area (Å²) < 4.78 is 3.15. The van der Waals surface area contributed by atoms with E-state index < -0.39 is 6.03 Å². The van der Waals surface area contributed by atoms with Crippen LogP contribution in [0.4, 0.5) is 10.6 Å². The summed E-state index contributed by atoms with van der Waals surface area (Å²) >= 11 is 6.51. The van der Waals surface area contributed by atoms with Crippen molar-refractivity contribution in [2.24, 2.45) is 5.73 Å². The zero-order chi connectivity index (χ0) is 30.8. The number of rotatable bonds is 6. The highest BCUT2D eigenvalue weighted by molar-refractivity contribution is 6.31. The highest BCUT2D eigenvalue weighted by Gasteiger charge is 2.21. The van der Waals surface area contributed by atoms with Crippen molar-refractivity contribution in [3.8, 4) is 28.8 Å². The number of aromatic hydroxyl groups is 1. The number of nitrogens with one attached hydrogen (secondary N) is 1. The average Bonchev–Trinajstić information content (AvgIpc) is 3.37. The second-order valence-electron chi connectivity index (χ2n) is 9.74. The van der Waals surface area contributed by atoms with Crippen molar-refractivity contribution >= 4 is 45.4 Å². The number of phenols is 1. The van der Waals surface area contributed by atoms with E-state index >= 15 is 0 Å². The van der Waals surface area contributed by atoms with Crippen molar-refractivity contribution in [3.05, 3.63) is 105 Å². The Bertz CT molecular complexity index is 2180. The molecule has 0 aliphatic rings. The van der Waals surface area contributed by atoms with Gasteiger partial charge in [0.2, 0.25) is 0 Å². The summed E-state index contributed by atoms with van der Waals surface area (Å²) in [6, 6.07) is 18.3. The van der Waals surface area contributed by atoms with Gasteiger partial charge in [0.15, 0.2) is 5.65 Å². The van der Waals surface area contributed by atoms with E-state index in [9.17, 15) is 14.7 Å². The van der Waals surface area contributed by atoms with E-state index in [1.807, 2.05) is 18.2 Å². The SMILES string of the molecule is NC(=O)NCC#Cc1cccc2nc(Cn3nc(-c4ccc(O)cc4)c4c(N)ncnc43)n(Cc3ccccc3Cl)c(=O)c12. The van der Waals surface area contributed by atoms with Crippen LogP contribution in [0.5, 0.6) is 5.75 Å². The molecule has 0 unspecified atom stereocenters. The van der Waals surface area contributed by atoms with Gasteiger partial charge in [0, 0.05) is 16.1 Å². The summed E-state index contributed by atoms with van der Waals surface area (Å²) in [7, 11) is 0. The number of phenolic OH excluding ortho intramolecular Hbond substituents is 1. The number of hydrogen-bond donors (Lipinski definition) is 4. The fraction of sp³-hybridized carbons (Fsp3) is 0.0968. The van der Waals surface area contributed by atoms with Gasteiger partial charge in [0.25, 0.3) is 5.56 Å². The minimum absolute atomic E-state index is 0.0196. The van der Waals surface area contributed by atoms with Gasteiger partial charge in [-0.25, -0.2) is 24.4 Å². The van der Waals surface area contributed by atoms with E-state index in [-0.39, 0.29) is 36.8 Å². The maximum atomic E-state index is 14.2. The molecule has 6 aromatic rings. The smallest absolute Gasteiger partial charge is 0.312 e. The van der Waals surface area contributed by atoms with Crippen LogP contribution in [0, 0.1) is 11.8 Å². The molecular weight excluding hydrogens is 582 g/mol. The van der Waals surface area contributed by atoms with Crippen LogP contribution >= 0.6 is 11.6 Å². The molecule has 0 spiro atoms. The maximum Gasteiger partial charge on any atom is 0.312 e. The molecule has 0 aliphatic carbocycles. The van der Waals surface area contributed by atoms with Crippen LogP contribution in [0.1, 0.15) is 17.0 Å². The zero-order valence-electron chi connectivity index (χ0n) is 23.0. The van der Waals surface area contributed by atoms with Crippen LogP contribution in [-0.4, -0.2) is 47.0 Å². The predicted molar refractivity (Wildman–Crippen MR) is 167 cm³/mol. The predicted octanol–water partition coefficient (Wildman–Crippen LogP) is 3.26. The number of nitrogens with two attached hydrogens (primary N) is 2. The summed E-state index contributed by atoms with van der Waals surface area (Å²) in [5.41, 5.74) is 14.3. The van der Waals surface area contributed by atoms with Crippen molar-refractivity contribution in [2.75, 3.05) is 12.3 Å². The Morgan fingerprint density at radius 3 is 2.57 bits per heavy atom. The van der Waals surface area contributed by atoms with Crippen LogP contribution in [0.15, 0.2) is 77.9 Å². The van der Waals surface area contributed by atoms with Crippen molar-refractivity contribution in [1.29, 1.82) is 0 Å². The van der Waals surface area contributed by atoms with Gasteiger partial charge in [-0.1, -0.05) is 47.7 Å². The van der Waals surface area contributed by atoms with Crippen LogP contribution < -0.4 is 22.3 Å². The highest BCUT2D eigenvalue weighted by Crippen LogP contribution is 2.31. The van der Waals surface area contributed by atoms with Gasteiger partial charge in [-0.05, 0) is 48.0 Å². The molecule has 2 amide bonds. The molecule has 0 saturated heterocycles. The Morgan fingerprint density at radius 1 is 1.00 bits per heavy atom. The fourth-order valence-corrected chi connectivity index (χ4v) is 5.06. The van der Waals surface area contributed by atoms with Crippen molar-refractivity contribution in [2.45, 2.75) is 13.1 Å². The van der Waals surface area contributed by atoms with E-state index in [0.717, 1.165) is 5.56 Å².